The smallest absolute Gasteiger partial charge is 0.304 e. The molecule has 1 spiro atoms. The molecule has 51 heavy (non-hydrogen) atoms. The van der Waals surface area contributed by atoms with Gasteiger partial charge in [0.25, 0.3) is 5.91 Å². The zero-order valence-electron chi connectivity index (χ0n) is 30.8. The minimum Gasteiger partial charge on any atom is -0.490 e. The number of anilines is 1. The van der Waals surface area contributed by atoms with Gasteiger partial charge in [-0.05, 0) is 116 Å². The van der Waals surface area contributed by atoms with Gasteiger partial charge in [-0.25, -0.2) is 4.72 Å². The van der Waals surface area contributed by atoms with Gasteiger partial charge in [0.2, 0.25) is 0 Å². The van der Waals surface area contributed by atoms with Gasteiger partial charge in [-0.1, -0.05) is 50.6 Å². The summed E-state index contributed by atoms with van der Waals surface area (Å²) in [6.45, 7) is 14.5. The van der Waals surface area contributed by atoms with Crippen molar-refractivity contribution in [3.05, 3.63) is 70.3 Å². The van der Waals surface area contributed by atoms with Crippen molar-refractivity contribution >= 4 is 41.7 Å². The maximum atomic E-state index is 13.8. The lowest BCUT2D eigenvalue weighted by molar-refractivity contribution is -0.0574. The molecule has 2 aliphatic carbocycles. The summed E-state index contributed by atoms with van der Waals surface area (Å²) < 4.78 is 50.8. The zero-order chi connectivity index (χ0) is 36.2. The fourth-order valence-electron chi connectivity index (χ4n) is 8.23. The molecule has 278 valence electrons. The lowest BCUT2D eigenvalue weighted by atomic mass is 9.68. The van der Waals surface area contributed by atoms with E-state index in [2.05, 4.69) is 67.8 Å². The Balaban J connectivity index is 1.29. The molecule has 2 fully saturated rings. The Bertz CT molecular complexity index is 1780. The van der Waals surface area contributed by atoms with Crippen LogP contribution in [-0.2, 0) is 31.2 Å². The number of ether oxygens (including phenoxy) is 2. The molecule has 1 saturated heterocycles. The summed E-state index contributed by atoms with van der Waals surface area (Å²) in [6, 6.07) is 11.6. The fourth-order valence-corrected chi connectivity index (χ4v) is 10.9. The largest absolute Gasteiger partial charge is 0.490 e. The summed E-state index contributed by atoms with van der Waals surface area (Å²) in [6.07, 6.45) is 10.5. The van der Waals surface area contributed by atoms with Gasteiger partial charge in [-0.2, -0.15) is 12.7 Å². The molecule has 1 amide bonds. The first-order valence-electron chi connectivity index (χ1n) is 18.7. The number of amides is 1. The van der Waals surface area contributed by atoms with E-state index < -0.39 is 24.4 Å². The molecule has 2 bridgehead atoms. The maximum absolute atomic E-state index is 13.8. The molecule has 12 heteroatoms. The van der Waals surface area contributed by atoms with Crippen molar-refractivity contribution in [3.63, 3.8) is 0 Å². The van der Waals surface area contributed by atoms with Gasteiger partial charge in [0.05, 0.1) is 24.5 Å². The first-order valence-corrected chi connectivity index (χ1v) is 23.5. The molecule has 1 saturated carbocycles. The van der Waals surface area contributed by atoms with Crippen LogP contribution >= 0.6 is 11.6 Å². The molecule has 9 nitrogen and oxygen atoms in total. The summed E-state index contributed by atoms with van der Waals surface area (Å²) in [4.78, 5) is 16.2. The van der Waals surface area contributed by atoms with Crippen LogP contribution in [0.4, 0.5) is 5.69 Å². The molecule has 5 aliphatic rings. The molecule has 2 aromatic carbocycles. The molecule has 5 atom stereocenters. The topological polar surface area (TPSA) is 97.4 Å². The normalized spacial score (nSPS) is 30.5. The minimum atomic E-state index is -4.15. The number of nitrogens with one attached hydrogen (secondary N) is 1. The summed E-state index contributed by atoms with van der Waals surface area (Å²) in [7, 11) is -6.29. The predicted molar refractivity (Wildman–Crippen MR) is 205 cm³/mol. The van der Waals surface area contributed by atoms with Crippen LogP contribution in [0.3, 0.4) is 0 Å². The summed E-state index contributed by atoms with van der Waals surface area (Å²) in [5.41, 5.74) is 3.41. The van der Waals surface area contributed by atoms with E-state index in [9.17, 15) is 13.2 Å². The Morgan fingerprint density at radius 2 is 1.92 bits per heavy atom. The number of carbonyl (C=O) groups excluding carboxylic acids is 1. The van der Waals surface area contributed by atoms with Gasteiger partial charge < -0.3 is 18.8 Å². The van der Waals surface area contributed by atoms with Gasteiger partial charge in [0.15, 0.2) is 8.32 Å². The zero-order valence-corrected chi connectivity index (χ0v) is 33.3. The van der Waals surface area contributed by atoms with Crippen LogP contribution in [0.5, 0.6) is 5.75 Å². The van der Waals surface area contributed by atoms with Gasteiger partial charge >= 0.3 is 10.2 Å². The number of carbonyl (C=O) groups is 1. The van der Waals surface area contributed by atoms with Gasteiger partial charge in [-0.15, -0.1) is 0 Å². The lowest BCUT2D eigenvalue weighted by Gasteiger charge is -2.48. The Labute approximate surface area is 310 Å². The standard InChI is InChI=1S/C39H54ClN3O6SSi/c1-38(2,3)51(4,5)49-35-10-6-7-19-43(24-31-17-20-47-31)50(45,46)41-37(44)28-12-16-36-34(22-28)42(23-29-11-14-32(29)35)25-39(26-48-36)18-8-9-27-21-30(40)13-15-33(27)39/h6,10,12-13,15-16,21-22,29,31-32,35H,7-9,11,14,17-20,23-26H2,1-5H3,(H,41,44)/b10-6+/t29-,31+,32+,35-,39-/m0/s1. The van der Waals surface area contributed by atoms with Crippen LogP contribution in [0, 0.1) is 11.8 Å². The number of aryl methyl sites for hydroxylation is 1. The second kappa shape index (κ2) is 14.1. The first-order chi connectivity index (χ1) is 24.1. The van der Waals surface area contributed by atoms with Crippen molar-refractivity contribution in [2.24, 2.45) is 11.8 Å². The van der Waals surface area contributed by atoms with E-state index in [4.69, 9.17) is 25.5 Å². The third-order valence-electron chi connectivity index (χ3n) is 12.5. The fraction of sp³-hybridized carbons (Fsp3) is 0.615. The quantitative estimate of drug-likeness (QED) is 0.259. The Hall–Kier alpha value is -2.41. The van der Waals surface area contributed by atoms with E-state index in [1.807, 2.05) is 18.2 Å². The summed E-state index contributed by atoms with van der Waals surface area (Å²) in [5, 5.41) is 0.790. The average Bonchev–Trinajstić information content (AvgIpc) is 3.17. The van der Waals surface area contributed by atoms with Crippen molar-refractivity contribution in [2.75, 3.05) is 44.3 Å². The van der Waals surface area contributed by atoms with E-state index in [-0.39, 0.29) is 41.3 Å². The minimum absolute atomic E-state index is 0.0440. The van der Waals surface area contributed by atoms with Crippen molar-refractivity contribution in [1.82, 2.24) is 9.03 Å². The van der Waals surface area contributed by atoms with E-state index >= 15 is 0 Å². The Morgan fingerprint density at radius 1 is 1.12 bits per heavy atom. The highest BCUT2D eigenvalue weighted by molar-refractivity contribution is 7.87. The monoisotopic (exact) mass is 755 g/mol. The first kappa shape index (κ1) is 36.9. The average molecular weight is 756 g/mol. The van der Waals surface area contributed by atoms with Gasteiger partial charge in [0, 0.05) is 48.8 Å². The van der Waals surface area contributed by atoms with Crippen LogP contribution in [-0.4, -0.2) is 78.5 Å². The Morgan fingerprint density at radius 3 is 2.63 bits per heavy atom. The molecular formula is C39H54ClN3O6SSi. The van der Waals surface area contributed by atoms with E-state index in [1.165, 1.54) is 15.4 Å². The highest BCUT2D eigenvalue weighted by Gasteiger charge is 2.47. The number of benzene rings is 2. The van der Waals surface area contributed by atoms with Gasteiger partial charge in [0.1, 0.15) is 5.75 Å². The number of fused-ring (bicyclic) bond motifs is 4. The molecule has 2 aromatic rings. The van der Waals surface area contributed by atoms with E-state index in [0.29, 0.717) is 37.2 Å². The van der Waals surface area contributed by atoms with Crippen molar-refractivity contribution in [1.29, 1.82) is 0 Å². The highest BCUT2D eigenvalue weighted by atomic mass is 35.5. The van der Waals surface area contributed by atoms with Gasteiger partial charge in [-0.3, -0.25) is 4.79 Å². The molecule has 7 rings (SSSR count). The number of nitrogens with zero attached hydrogens (tertiary/aromatic N) is 2. The maximum Gasteiger partial charge on any atom is 0.304 e. The summed E-state index contributed by atoms with van der Waals surface area (Å²) >= 11 is 6.48. The predicted octanol–water partition coefficient (Wildman–Crippen LogP) is 7.26. The number of halogens is 1. The van der Waals surface area contributed by atoms with Crippen molar-refractivity contribution < 1.29 is 27.1 Å². The summed E-state index contributed by atoms with van der Waals surface area (Å²) in [5.74, 6) is 0.751. The third kappa shape index (κ3) is 7.53. The second-order valence-corrected chi connectivity index (χ2v) is 23.8. The SMILES string of the molecule is CC(C)(C)[Si](C)(C)O[C@H]1/C=C/CCN(C[C@H]2CCO2)S(=O)(=O)NC(=O)c2ccc3c(c2)N(C[C@@H]2CC[C@H]21)C[C@@]1(CCCc2cc(Cl)ccc21)CO3. The third-order valence-corrected chi connectivity index (χ3v) is 18.7. The lowest BCUT2D eigenvalue weighted by Crippen LogP contribution is -2.52. The van der Waals surface area contributed by atoms with Crippen LogP contribution in [0.25, 0.3) is 0 Å². The number of hydrogen-bond donors (Lipinski definition) is 1. The number of rotatable bonds is 4. The van der Waals surface area contributed by atoms with Crippen LogP contribution < -0.4 is 14.4 Å². The van der Waals surface area contributed by atoms with Crippen molar-refractivity contribution in [2.45, 2.75) is 101 Å². The Kier molecular flexibility index (Phi) is 10.2. The van der Waals surface area contributed by atoms with Crippen molar-refractivity contribution in [3.8, 4) is 5.75 Å². The second-order valence-electron chi connectivity index (χ2n) is 16.9. The van der Waals surface area contributed by atoms with Crippen LogP contribution in [0.1, 0.15) is 80.8 Å². The van der Waals surface area contributed by atoms with E-state index in [0.717, 1.165) is 62.3 Å². The van der Waals surface area contributed by atoms with E-state index in [1.54, 1.807) is 6.07 Å². The molecular weight excluding hydrogens is 702 g/mol. The molecule has 3 heterocycles. The highest BCUT2D eigenvalue weighted by Crippen LogP contribution is 2.48. The molecule has 1 N–H and O–H groups in total. The number of hydrogen-bond acceptors (Lipinski definition) is 7. The molecule has 0 aromatic heterocycles. The molecule has 0 unspecified atom stereocenters. The van der Waals surface area contributed by atoms with Crippen LogP contribution in [0.15, 0.2) is 48.6 Å². The molecule has 0 radical (unpaired) electrons. The van der Waals surface area contributed by atoms with Crippen LogP contribution in [0.2, 0.25) is 23.2 Å². The molecule has 3 aliphatic heterocycles.